The Labute approximate surface area is 142 Å². The third-order valence-electron chi connectivity index (χ3n) is 3.30. The molecule has 110 valence electrons. The molecule has 0 saturated heterocycles. The zero-order valence-electron chi connectivity index (χ0n) is 11.1. The summed E-state index contributed by atoms with van der Waals surface area (Å²) in [4.78, 5) is 0. The molecule has 0 saturated carbocycles. The fraction of sp³-hybridized carbons (Fsp3) is 0.250. The predicted octanol–water partition coefficient (Wildman–Crippen LogP) is 5.59. The summed E-state index contributed by atoms with van der Waals surface area (Å²) in [6, 6.07) is 11.5. The van der Waals surface area contributed by atoms with E-state index < -0.39 is 0 Å². The molecule has 0 fully saturated rings. The highest BCUT2D eigenvalue weighted by Gasteiger charge is 2.16. The number of halogens is 3. The highest BCUT2D eigenvalue weighted by Crippen LogP contribution is 2.38. The molecule has 2 aromatic carbocycles. The van der Waals surface area contributed by atoms with E-state index in [1.54, 1.807) is 0 Å². The van der Waals surface area contributed by atoms with Crippen molar-refractivity contribution in [3.63, 3.8) is 0 Å². The van der Waals surface area contributed by atoms with Crippen LogP contribution in [0.2, 0.25) is 5.02 Å². The van der Waals surface area contributed by atoms with E-state index in [1.807, 2.05) is 36.4 Å². The lowest BCUT2D eigenvalue weighted by Gasteiger charge is -2.14. The van der Waals surface area contributed by atoms with Crippen LogP contribution in [-0.4, -0.2) is 13.2 Å². The molecule has 0 radical (unpaired) electrons. The Hall–Kier alpha value is -0.900. The highest BCUT2D eigenvalue weighted by molar-refractivity contribution is 9.10. The molecule has 0 aromatic heterocycles. The monoisotopic (exact) mass is 386 g/mol. The van der Waals surface area contributed by atoms with Gasteiger partial charge in [0.25, 0.3) is 0 Å². The molecule has 21 heavy (non-hydrogen) atoms. The van der Waals surface area contributed by atoms with E-state index in [-0.39, 0.29) is 5.38 Å². The SMILES string of the molecule is Clc1cc(C(Cl)c2ccc3c(c2)OCCCO3)ccc1Br. The van der Waals surface area contributed by atoms with Crippen molar-refractivity contribution < 1.29 is 9.47 Å². The maximum Gasteiger partial charge on any atom is 0.161 e. The fourth-order valence-electron chi connectivity index (χ4n) is 2.20. The van der Waals surface area contributed by atoms with E-state index in [4.69, 9.17) is 32.7 Å². The van der Waals surface area contributed by atoms with E-state index in [0.717, 1.165) is 33.5 Å². The molecule has 2 nitrogen and oxygen atoms in total. The van der Waals surface area contributed by atoms with Gasteiger partial charge in [0.2, 0.25) is 0 Å². The summed E-state index contributed by atoms with van der Waals surface area (Å²) in [7, 11) is 0. The summed E-state index contributed by atoms with van der Waals surface area (Å²) in [6.45, 7) is 1.34. The van der Waals surface area contributed by atoms with E-state index in [0.29, 0.717) is 18.2 Å². The van der Waals surface area contributed by atoms with Gasteiger partial charge in [0.05, 0.1) is 23.6 Å². The second-order valence-corrected chi connectivity index (χ2v) is 6.49. The molecule has 1 aliphatic heterocycles. The Morgan fingerprint density at radius 3 is 2.38 bits per heavy atom. The predicted molar refractivity (Wildman–Crippen MR) is 88.9 cm³/mol. The summed E-state index contributed by atoms with van der Waals surface area (Å²) >= 11 is 16.1. The average molecular weight is 388 g/mol. The van der Waals surface area contributed by atoms with Crippen molar-refractivity contribution in [2.75, 3.05) is 13.2 Å². The number of alkyl halides is 1. The van der Waals surface area contributed by atoms with Gasteiger partial charge in [-0.15, -0.1) is 11.6 Å². The molecule has 0 aliphatic carbocycles. The van der Waals surface area contributed by atoms with Crippen molar-refractivity contribution in [2.24, 2.45) is 0 Å². The smallest absolute Gasteiger partial charge is 0.161 e. The minimum Gasteiger partial charge on any atom is -0.490 e. The van der Waals surface area contributed by atoms with E-state index in [1.165, 1.54) is 0 Å². The summed E-state index contributed by atoms with van der Waals surface area (Å²) in [5, 5.41) is 0.361. The molecule has 5 heteroatoms. The maximum atomic E-state index is 6.57. The fourth-order valence-corrected chi connectivity index (χ4v) is 2.91. The van der Waals surface area contributed by atoms with Crippen molar-refractivity contribution in [1.29, 1.82) is 0 Å². The van der Waals surface area contributed by atoms with Gasteiger partial charge < -0.3 is 9.47 Å². The lowest BCUT2D eigenvalue weighted by atomic mass is 10.0. The minimum absolute atomic E-state index is 0.284. The van der Waals surface area contributed by atoms with E-state index in [2.05, 4.69) is 15.9 Å². The highest BCUT2D eigenvalue weighted by atomic mass is 79.9. The molecule has 0 bridgehead atoms. The molecule has 1 atom stereocenters. The second-order valence-electron chi connectivity index (χ2n) is 4.79. The quantitative estimate of drug-likeness (QED) is 0.625. The molecular weight excluding hydrogens is 375 g/mol. The average Bonchev–Trinajstić information content (AvgIpc) is 2.73. The first-order chi connectivity index (χ1) is 10.1. The van der Waals surface area contributed by atoms with Crippen molar-refractivity contribution in [1.82, 2.24) is 0 Å². The van der Waals surface area contributed by atoms with Crippen LogP contribution in [0.1, 0.15) is 22.9 Å². The van der Waals surface area contributed by atoms with Crippen molar-refractivity contribution in [3.05, 3.63) is 57.0 Å². The largest absolute Gasteiger partial charge is 0.490 e. The molecule has 0 N–H and O–H groups in total. The Bertz CT molecular complexity index is 661. The molecule has 3 rings (SSSR count). The summed E-state index contributed by atoms with van der Waals surface area (Å²) < 4.78 is 12.2. The Balaban J connectivity index is 1.92. The molecule has 0 spiro atoms. The topological polar surface area (TPSA) is 18.5 Å². The van der Waals surface area contributed by atoms with Crippen molar-refractivity contribution in [2.45, 2.75) is 11.8 Å². The van der Waals surface area contributed by atoms with Gasteiger partial charge in [-0.05, 0) is 51.3 Å². The number of hydrogen-bond donors (Lipinski definition) is 0. The minimum atomic E-state index is -0.284. The van der Waals surface area contributed by atoms with Crippen molar-refractivity contribution in [3.8, 4) is 11.5 Å². The molecule has 1 aliphatic rings. The Morgan fingerprint density at radius 1 is 0.952 bits per heavy atom. The van der Waals surface area contributed by atoms with Crippen molar-refractivity contribution >= 4 is 39.1 Å². The Kier molecular flexibility index (Phi) is 4.63. The second kappa shape index (κ2) is 6.47. The number of hydrogen-bond acceptors (Lipinski definition) is 2. The van der Waals surface area contributed by atoms with Crippen LogP contribution in [0.25, 0.3) is 0 Å². The summed E-state index contributed by atoms with van der Waals surface area (Å²) in [5.74, 6) is 1.52. The van der Waals surface area contributed by atoms with E-state index in [9.17, 15) is 0 Å². The van der Waals surface area contributed by atoms with Gasteiger partial charge in [-0.2, -0.15) is 0 Å². The van der Waals surface area contributed by atoms with Gasteiger partial charge in [0, 0.05) is 10.9 Å². The van der Waals surface area contributed by atoms with Gasteiger partial charge in [-0.25, -0.2) is 0 Å². The first-order valence-electron chi connectivity index (χ1n) is 6.64. The van der Waals surface area contributed by atoms with Crippen LogP contribution in [0.5, 0.6) is 11.5 Å². The number of benzene rings is 2. The molecular formula is C16H13BrCl2O2. The van der Waals surface area contributed by atoms with Gasteiger partial charge in [-0.1, -0.05) is 23.7 Å². The van der Waals surface area contributed by atoms with Gasteiger partial charge in [-0.3, -0.25) is 0 Å². The van der Waals surface area contributed by atoms with Crippen LogP contribution in [-0.2, 0) is 0 Å². The van der Waals surface area contributed by atoms with Gasteiger partial charge >= 0.3 is 0 Å². The van der Waals surface area contributed by atoms with Crippen LogP contribution >= 0.6 is 39.1 Å². The number of ether oxygens (including phenoxy) is 2. The lowest BCUT2D eigenvalue weighted by molar-refractivity contribution is 0.297. The van der Waals surface area contributed by atoms with Crippen LogP contribution < -0.4 is 9.47 Å². The van der Waals surface area contributed by atoms with Crippen LogP contribution in [0.4, 0.5) is 0 Å². The molecule has 0 amide bonds. The number of fused-ring (bicyclic) bond motifs is 1. The first kappa shape index (κ1) is 15.0. The van der Waals surface area contributed by atoms with Gasteiger partial charge in [0.1, 0.15) is 0 Å². The summed E-state index contributed by atoms with van der Waals surface area (Å²) in [5.41, 5.74) is 1.90. The zero-order chi connectivity index (χ0) is 14.8. The zero-order valence-corrected chi connectivity index (χ0v) is 14.2. The lowest BCUT2D eigenvalue weighted by Crippen LogP contribution is -1.97. The molecule has 1 unspecified atom stereocenters. The van der Waals surface area contributed by atoms with Crippen LogP contribution in [0.3, 0.4) is 0 Å². The van der Waals surface area contributed by atoms with Crippen LogP contribution in [0, 0.1) is 0 Å². The standard InChI is InChI=1S/C16H13BrCl2O2/c17-12-4-2-10(8-13(12)18)16(19)11-3-5-14-15(9-11)21-7-1-6-20-14/h2-5,8-9,16H,1,6-7H2. The van der Waals surface area contributed by atoms with Crippen LogP contribution in [0.15, 0.2) is 40.9 Å². The van der Waals surface area contributed by atoms with Gasteiger partial charge in [0.15, 0.2) is 11.5 Å². The van der Waals surface area contributed by atoms with E-state index >= 15 is 0 Å². The Morgan fingerprint density at radius 2 is 1.62 bits per heavy atom. The first-order valence-corrected chi connectivity index (χ1v) is 8.24. The third kappa shape index (κ3) is 3.31. The normalized spacial score (nSPS) is 15.4. The molecule has 1 heterocycles. The number of rotatable bonds is 2. The maximum absolute atomic E-state index is 6.57. The summed E-state index contributed by atoms with van der Waals surface area (Å²) in [6.07, 6.45) is 0.886. The molecule has 2 aromatic rings. The third-order valence-corrected chi connectivity index (χ3v) is 5.04.